The van der Waals surface area contributed by atoms with Crippen LogP contribution in [0.4, 0.5) is 11.5 Å². The summed E-state index contributed by atoms with van der Waals surface area (Å²) in [7, 11) is 2.06. The summed E-state index contributed by atoms with van der Waals surface area (Å²) in [6.45, 7) is 7.23. The summed E-state index contributed by atoms with van der Waals surface area (Å²) in [5.41, 5.74) is 18.1. The van der Waals surface area contributed by atoms with Crippen LogP contribution in [0.15, 0.2) is 128 Å². The smallest absolute Gasteiger partial charge is 0.245 e. The Morgan fingerprint density at radius 1 is 0.717 bits per heavy atom. The number of aromatic amines is 1. The number of nitrogens with two attached hydrogens (primary N) is 2. The molecule has 0 aliphatic carbocycles. The van der Waals surface area contributed by atoms with E-state index in [-0.39, 0.29) is 49.6 Å². The van der Waals surface area contributed by atoms with E-state index in [1.165, 1.54) is 23.9 Å². The van der Waals surface area contributed by atoms with Gasteiger partial charge in [-0.3, -0.25) is 43.3 Å². The van der Waals surface area contributed by atoms with Gasteiger partial charge in [0.25, 0.3) is 0 Å². The molecule has 2 saturated heterocycles. The molecule has 0 bridgehead atoms. The van der Waals surface area contributed by atoms with Gasteiger partial charge in [0.1, 0.15) is 42.1 Å². The van der Waals surface area contributed by atoms with Crippen LogP contribution in [0.3, 0.4) is 0 Å². The van der Waals surface area contributed by atoms with Gasteiger partial charge in [0.05, 0.1) is 42.0 Å². The van der Waals surface area contributed by atoms with E-state index in [0.29, 0.717) is 30.4 Å². The van der Waals surface area contributed by atoms with Gasteiger partial charge in [-0.15, -0.1) is 0 Å². The third kappa shape index (κ3) is 21.2. The van der Waals surface area contributed by atoms with E-state index >= 15 is 0 Å². The normalized spacial score (nSPS) is 21.2. The number of nitrogens with one attached hydrogen (secondary N) is 9. The lowest BCUT2D eigenvalue weighted by atomic mass is 10.0. The number of aliphatic hydroxyl groups is 3. The Bertz CT molecular complexity index is 3900. The molecule has 7 aromatic rings. The van der Waals surface area contributed by atoms with E-state index in [1.807, 2.05) is 36.4 Å². The molecule has 10 rings (SSSR count). The minimum atomic E-state index is -1.66. The van der Waals surface area contributed by atoms with Crippen LogP contribution in [0.2, 0.25) is 5.02 Å². The van der Waals surface area contributed by atoms with Crippen LogP contribution in [0.1, 0.15) is 60.9 Å². The third-order valence-electron chi connectivity index (χ3n) is 17.5. The number of para-hydroxylation sites is 1. The number of nitrogens with zero attached hydrogens (tertiary/aromatic N) is 3. The Balaban J connectivity index is 0.000000335. The second-order valence-electron chi connectivity index (χ2n) is 24.9. The number of aliphatic hydroxyl groups excluding tert-OH is 3. The van der Waals surface area contributed by atoms with Crippen LogP contribution < -0.4 is 58.9 Å². The molecule has 0 spiro atoms. The van der Waals surface area contributed by atoms with E-state index in [1.54, 1.807) is 72.3 Å². The molecule has 16 N–H and O–H groups in total. The van der Waals surface area contributed by atoms with E-state index in [9.17, 15) is 53.7 Å². The molecule has 0 saturated carbocycles. The molecular weight excluding hydrogens is 1340 g/mol. The Morgan fingerprint density at radius 3 is 2.05 bits per heavy atom. The third-order valence-corrected chi connectivity index (χ3v) is 21.1. The van der Waals surface area contributed by atoms with Crippen molar-refractivity contribution in [2.24, 2.45) is 11.5 Å². The van der Waals surface area contributed by atoms with E-state index in [0.717, 1.165) is 105 Å². The molecule has 8 amide bonds. The van der Waals surface area contributed by atoms with Gasteiger partial charge in [-0.1, -0.05) is 130 Å². The van der Waals surface area contributed by atoms with E-state index < -0.39 is 108 Å². The number of hydrogen-bond acceptors (Lipinski definition) is 19. The summed E-state index contributed by atoms with van der Waals surface area (Å²) in [5, 5.41) is 55.4. The first-order chi connectivity index (χ1) is 47.7. The summed E-state index contributed by atoms with van der Waals surface area (Å²) < 4.78 is 5.94. The maximum atomic E-state index is 14.7. The van der Waals surface area contributed by atoms with Gasteiger partial charge in [0, 0.05) is 90.3 Å². The highest BCUT2D eigenvalue weighted by atomic mass is 35.5. The largest absolute Gasteiger partial charge is 0.394 e. The minimum absolute atomic E-state index is 0.0340. The first-order valence-electron chi connectivity index (χ1n) is 33.1. The number of rotatable bonds is 21. The van der Waals surface area contributed by atoms with Crippen LogP contribution in [0.5, 0.6) is 0 Å². The second-order valence-corrected chi connectivity index (χ2v) is 28.6. The number of benzene rings is 5. The predicted octanol–water partition coefficient (Wildman–Crippen LogP) is 3.00. The van der Waals surface area contributed by atoms with Crippen molar-refractivity contribution in [3.63, 3.8) is 0 Å². The molecule has 5 aromatic carbocycles. The number of amides is 8. The highest BCUT2D eigenvalue weighted by Crippen LogP contribution is 2.32. The number of H-pyrrole nitrogens is 1. The molecule has 2 fully saturated rings. The van der Waals surface area contributed by atoms with Gasteiger partial charge in [0.2, 0.25) is 47.3 Å². The molecule has 5 heterocycles. The van der Waals surface area contributed by atoms with Crippen molar-refractivity contribution in [2.45, 2.75) is 126 Å². The monoisotopic (exact) mass is 1430 g/mol. The number of unbranched alkanes of at least 4 members (excludes halogenated alkanes) is 1. The van der Waals surface area contributed by atoms with Crippen LogP contribution >= 0.6 is 44.7 Å². The van der Waals surface area contributed by atoms with Crippen molar-refractivity contribution in [2.75, 3.05) is 67.6 Å². The second kappa shape index (κ2) is 36.8. The average molecular weight is 1430 g/mol. The number of anilines is 2. The van der Waals surface area contributed by atoms with E-state index in [4.69, 9.17) is 23.1 Å². The summed E-state index contributed by atoms with van der Waals surface area (Å²) in [4.78, 5) is 119. The summed E-state index contributed by atoms with van der Waals surface area (Å²) in [5.74, 6) is -4.83. The molecular formula is C70H87ClN14O11S3. The summed E-state index contributed by atoms with van der Waals surface area (Å²) in [6, 6.07) is 27.0. The maximum absolute atomic E-state index is 14.7. The van der Waals surface area contributed by atoms with E-state index in [2.05, 4.69) is 92.0 Å². The van der Waals surface area contributed by atoms with Crippen LogP contribution in [-0.4, -0.2) is 195 Å². The van der Waals surface area contributed by atoms with Crippen molar-refractivity contribution < 1.29 is 53.7 Å². The van der Waals surface area contributed by atoms with Crippen molar-refractivity contribution in [3.8, 4) is 0 Å². The highest BCUT2D eigenvalue weighted by Gasteiger charge is 2.37. The number of fused-ring (bicyclic) bond motifs is 3. The number of aromatic nitrogens is 2. The molecule has 10 atom stereocenters. The maximum Gasteiger partial charge on any atom is 0.245 e. The SMILES string of the molecule is CC(O)[C@@H]1NC(=O)[C@H](CCCCN)NC(=O)[C@@H](Cc2c[nH]c3ccccc23)NC(=O)[C@H](Cc2ccccc2)NC(=O)[C@@H](NC(=O)[C@H](N)Cc2ccccc2)CSSC[C@@H](C(=O)N[C@H](CO)[C@@H](C)O)NC1=O.O=C1Cc2cc(CCN3CCN(c4nsc5ccccc45)CC3)c(Cl)cc2N1. The van der Waals surface area contributed by atoms with Crippen LogP contribution in [0, 0.1) is 0 Å². The van der Waals surface area contributed by atoms with Gasteiger partial charge in [-0.25, -0.2) is 0 Å². The topological polar surface area (TPSA) is 381 Å². The zero-order valence-corrected chi connectivity index (χ0v) is 58.3. The molecule has 3 aliphatic rings. The zero-order chi connectivity index (χ0) is 70.5. The first-order valence-corrected chi connectivity index (χ1v) is 36.7. The number of halogens is 1. The standard InChI is InChI=1S/C49H66N10O10S2.C21H21ClN4OS/c1-28(61)39(25-60)56-48(68)41-27-71-70-26-40(57-43(63)34(51)21-30-13-5-3-6-14-30)47(67)54-37(22-31-15-7-4-8-16-31)45(65)55-38(23-32-24-52-35-18-10-9-17-33(32)35)46(66)53-36(19-11-12-20-50)44(64)59-42(29(2)62)49(69)58-41;22-17-13-18-15(12-20(27)23-18)11-14(17)5-6-25-7-9-26(10-8-25)21-16-3-1-2-4-19(16)28-24-21/h3-10,13-18,24,28-29,34,36-42,52,60-62H,11-12,19-23,25-27,50-51H2,1-2H3,(H,53,66)(H,54,67)(H,55,65)(H,56,68)(H,57,63)(H,58,69)(H,59,64);1-4,11,13H,5-10,12H2,(H,23,27)/t28-,29?,34-,36+,37+,38-,39-,40+,41+,42+;/m1./s1. The lowest BCUT2D eigenvalue weighted by Gasteiger charge is -2.35. The number of hydrogen-bond donors (Lipinski definition) is 14. The van der Waals surface area contributed by atoms with Crippen molar-refractivity contribution >= 4 is 124 Å². The Morgan fingerprint density at radius 2 is 1.35 bits per heavy atom. The molecule has 1 unspecified atom stereocenters. The molecule has 528 valence electrons. The molecule has 2 aromatic heterocycles. The predicted molar refractivity (Wildman–Crippen MR) is 388 cm³/mol. The molecule has 99 heavy (non-hydrogen) atoms. The summed E-state index contributed by atoms with van der Waals surface area (Å²) >= 11 is 8.01. The van der Waals surface area contributed by atoms with Gasteiger partial charge in [-0.2, -0.15) is 4.37 Å². The number of carbonyl (C=O) groups excluding carboxylic acids is 8. The first kappa shape index (κ1) is 75.1. The average Bonchev–Trinajstić information content (AvgIpc) is 1.70. The van der Waals surface area contributed by atoms with Crippen molar-refractivity contribution in [3.05, 3.63) is 160 Å². The number of piperazine rings is 1. The minimum Gasteiger partial charge on any atom is -0.394 e. The van der Waals surface area contributed by atoms with Gasteiger partial charge < -0.3 is 79.2 Å². The Labute approximate surface area is 591 Å². The fraction of sp³-hybridized carbons (Fsp3) is 0.414. The molecule has 3 aliphatic heterocycles. The van der Waals surface area contributed by atoms with Crippen molar-refractivity contribution in [1.29, 1.82) is 0 Å². The Hall–Kier alpha value is -8.16. The molecule has 0 radical (unpaired) electrons. The van der Waals surface area contributed by atoms with Crippen molar-refractivity contribution in [1.82, 2.24) is 51.5 Å². The highest BCUT2D eigenvalue weighted by molar-refractivity contribution is 8.76. The lowest BCUT2D eigenvalue weighted by molar-refractivity contribution is -0.136. The van der Waals surface area contributed by atoms with Crippen LogP contribution in [0.25, 0.3) is 21.0 Å². The molecule has 29 heteroatoms. The van der Waals surface area contributed by atoms with Gasteiger partial charge >= 0.3 is 0 Å². The quantitative estimate of drug-likeness (QED) is 0.0363. The fourth-order valence-electron chi connectivity index (χ4n) is 11.8. The zero-order valence-electron chi connectivity index (χ0n) is 55.1. The van der Waals surface area contributed by atoms with Gasteiger partial charge in [-0.05, 0) is 116 Å². The Kier molecular flexibility index (Phi) is 27.9. The fourth-order valence-corrected chi connectivity index (χ4v) is 15.2. The number of carbonyl (C=O) groups is 8. The van der Waals surface area contributed by atoms with Crippen LogP contribution in [-0.2, 0) is 70.5 Å². The molecule has 25 nitrogen and oxygen atoms in total. The van der Waals surface area contributed by atoms with Gasteiger partial charge in [0.15, 0.2) is 0 Å². The summed E-state index contributed by atoms with van der Waals surface area (Å²) in [6.07, 6.45) is 1.20. The lowest BCUT2D eigenvalue weighted by Crippen LogP contribution is -2.62.